The first kappa shape index (κ1) is 21.0. The molecule has 0 spiro atoms. The molecule has 2 N–H and O–H groups in total. The van der Waals surface area contributed by atoms with Gasteiger partial charge in [-0.25, -0.2) is 0 Å². The van der Waals surface area contributed by atoms with Crippen LogP contribution in [0.15, 0.2) is 35.3 Å². The summed E-state index contributed by atoms with van der Waals surface area (Å²) in [6.07, 6.45) is 6.08. The Balaban J connectivity index is 0.00000243. The maximum atomic E-state index is 11.7. The molecule has 1 aliphatic carbocycles. The minimum Gasteiger partial charge on any atom is -0.356 e. The van der Waals surface area contributed by atoms with Gasteiger partial charge >= 0.3 is 0 Å². The van der Waals surface area contributed by atoms with Crippen molar-refractivity contribution in [1.29, 1.82) is 0 Å². The van der Waals surface area contributed by atoms with Crippen LogP contribution in [0.5, 0.6) is 0 Å². The quantitative estimate of drug-likeness (QED) is 0.279. The van der Waals surface area contributed by atoms with Crippen LogP contribution in [0.3, 0.4) is 0 Å². The monoisotopic (exact) mass is 470 g/mol. The minimum atomic E-state index is 0. The SMILES string of the molecule is CN=C(NCCCC(=O)NC1CC1)N1CCC(Cc2ccccc2)C1.I. The van der Waals surface area contributed by atoms with Gasteiger partial charge in [0.05, 0.1) is 0 Å². The zero-order valence-corrected chi connectivity index (χ0v) is 17.9. The number of amides is 1. The second-order valence-corrected chi connectivity index (χ2v) is 7.21. The standard InChI is InChI=1S/C20H30N4O.HI/c1-21-20(22-12-5-8-19(25)23-18-9-10-18)24-13-11-17(15-24)14-16-6-3-2-4-7-16;/h2-4,6-7,17-18H,5,8-15H2,1H3,(H,21,22)(H,23,25);1H. The summed E-state index contributed by atoms with van der Waals surface area (Å²) < 4.78 is 0. The first-order valence-corrected chi connectivity index (χ1v) is 9.53. The Labute approximate surface area is 174 Å². The number of carbonyl (C=O) groups is 1. The highest BCUT2D eigenvalue weighted by molar-refractivity contribution is 14.0. The van der Waals surface area contributed by atoms with E-state index in [4.69, 9.17) is 0 Å². The summed E-state index contributed by atoms with van der Waals surface area (Å²) in [5.41, 5.74) is 1.42. The van der Waals surface area contributed by atoms with Gasteiger partial charge < -0.3 is 15.5 Å². The van der Waals surface area contributed by atoms with Crippen molar-refractivity contribution in [2.24, 2.45) is 10.9 Å². The van der Waals surface area contributed by atoms with Gasteiger partial charge in [-0.3, -0.25) is 9.79 Å². The van der Waals surface area contributed by atoms with Crippen molar-refractivity contribution in [3.05, 3.63) is 35.9 Å². The van der Waals surface area contributed by atoms with E-state index in [-0.39, 0.29) is 29.9 Å². The van der Waals surface area contributed by atoms with Crippen molar-refractivity contribution in [2.75, 3.05) is 26.7 Å². The molecular formula is C20H31IN4O. The minimum absolute atomic E-state index is 0. The normalized spacial score (nSPS) is 19.8. The van der Waals surface area contributed by atoms with Crippen molar-refractivity contribution >= 4 is 35.8 Å². The van der Waals surface area contributed by atoms with Gasteiger partial charge in [-0.2, -0.15) is 0 Å². The van der Waals surface area contributed by atoms with Crippen LogP contribution >= 0.6 is 24.0 Å². The third kappa shape index (κ3) is 6.78. The van der Waals surface area contributed by atoms with E-state index in [0.29, 0.717) is 18.4 Å². The second kappa shape index (κ2) is 10.7. The Morgan fingerprint density at radius 1 is 1.23 bits per heavy atom. The lowest BCUT2D eigenvalue weighted by Crippen LogP contribution is -2.40. The molecule has 1 heterocycles. The molecule has 1 aromatic carbocycles. The van der Waals surface area contributed by atoms with Crippen LogP contribution in [0.25, 0.3) is 0 Å². The van der Waals surface area contributed by atoms with Crippen LogP contribution in [0.1, 0.15) is 37.7 Å². The number of halogens is 1. The molecule has 1 saturated carbocycles. The van der Waals surface area contributed by atoms with E-state index in [9.17, 15) is 4.79 Å². The van der Waals surface area contributed by atoms with Crippen LogP contribution in [-0.2, 0) is 11.2 Å². The molecule has 2 aliphatic rings. The lowest BCUT2D eigenvalue weighted by molar-refractivity contribution is -0.121. The fourth-order valence-electron chi connectivity index (χ4n) is 3.45. The second-order valence-electron chi connectivity index (χ2n) is 7.21. The van der Waals surface area contributed by atoms with Gasteiger partial charge in [0.1, 0.15) is 0 Å². The molecule has 0 aromatic heterocycles. The molecule has 5 nitrogen and oxygen atoms in total. The number of aliphatic imine (C=N–C) groups is 1. The molecule has 0 radical (unpaired) electrons. The highest BCUT2D eigenvalue weighted by atomic mass is 127. The summed E-state index contributed by atoms with van der Waals surface area (Å²) in [5.74, 6) is 1.84. The molecule has 26 heavy (non-hydrogen) atoms. The number of guanidine groups is 1. The zero-order valence-electron chi connectivity index (χ0n) is 15.6. The molecule has 1 aliphatic heterocycles. The van der Waals surface area contributed by atoms with E-state index in [1.165, 1.54) is 12.0 Å². The highest BCUT2D eigenvalue weighted by Gasteiger charge is 2.25. The topological polar surface area (TPSA) is 56.7 Å². The van der Waals surface area contributed by atoms with Crippen molar-refractivity contribution < 1.29 is 4.79 Å². The van der Waals surface area contributed by atoms with E-state index in [2.05, 4.69) is 50.9 Å². The van der Waals surface area contributed by atoms with Crippen molar-refractivity contribution in [2.45, 2.75) is 44.6 Å². The van der Waals surface area contributed by atoms with E-state index >= 15 is 0 Å². The van der Waals surface area contributed by atoms with Gasteiger partial charge in [0.2, 0.25) is 5.91 Å². The van der Waals surface area contributed by atoms with Crippen molar-refractivity contribution in [3.8, 4) is 0 Å². The van der Waals surface area contributed by atoms with Gasteiger partial charge in [-0.1, -0.05) is 30.3 Å². The summed E-state index contributed by atoms with van der Waals surface area (Å²) in [6.45, 7) is 2.90. The van der Waals surface area contributed by atoms with Crippen LogP contribution < -0.4 is 10.6 Å². The van der Waals surface area contributed by atoms with E-state index in [1.54, 1.807) is 0 Å². The molecule has 0 bridgehead atoms. The molecule has 1 saturated heterocycles. The predicted octanol–water partition coefficient (Wildman–Crippen LogP) is 2.80. The van der Waals surface area contributed by atoms with E-state index in [1.807, 2.05) is 7.05 Å². The smallest absolute Gasteiger partial charge is 0.220 e. The molecule has 3 rings (SSSR count). The Hall–Kier alpha value is -1.31. The molecular weight excluding hydrogens is 439 g/mol. The first-order chi connectivity index (χ1) is 12.2. The number of nitrogens with one attached hydrogen (secondary N) is 2. The van der Waals surface area contributed by atoms with Gasteiger partial charge in [0.15, 0.2) is 5.96 Å². The third-order valence-corrected chi connectivity index (χ3v) is 4.97. The lowest BCUT2D eigenvalue weighted by atomic mass is 9.99. The number of rotatable bonds is 7. The van der Waals surface area contributed by atoms with Gasteiger partial charge in [0, 0.05) is 39.1 Å². The average molecular weight is 470 g/mol. The van der Waals surface area contributed by atoms with Gasteiger partial charge in [-0.05, 0) is 43.6 Å². The maximum Gasteiger partial charge on any atom is 0.220 e. The average Bonchev–Trinajstić information content (AvgIpc) is 3.32. The highest BCUT2D eigenvalue weighted by Crippen LogP contribution is 2.21. The van der Waals surface area contributed by atoms with Crippen molar-refractivity contribution in [1.82, 2.24) is 15.5 Å². The van der Waals surface area contributed by atoms with Crippen molar-refractivity contribution in [3.63, 3.8) is 0 Å². The van der Waals surface area contributed by atoms with Crippen LogP contribution in [0, 0.1) is 5.92 Å². The van der Waals surface area contributed by atoms with Crippen LogP contribution in [-0.4, -0.2) is 49.5 Å². The number of hydrogen-bond acceptors (Lipinski definition) is 2. The maximum absolute atomic E-state index is 11.7. The van der Waals surface area contributed by atoms with Crippen LogP contribution in [0.2, 0.25) is 0 Å². The fourth-order valence-corrected chi connectivity index (χ4v) is 3.45. The summed E-state index contributed by atoms with van der Waals surface area (Å²) in [6, 6.07) is 11.2. The van der Waals surface area contributed by atoms with E-state index in [0.717, 1.165) is 51.3 Å². The summed E-state index contributed by atoms with van der Waals surface area (Å²) in [7, 11) is 1.84. The lowest BCUT2D eigenvalue weighted by Gasteiger charge is -2.21. The molecule has 1 unspecified atom stereocenters. The molecule has 1 amide bonds. The number of likely N-dealkylation sites (tertiary alicyclic amines) is 1. The Kier molecular flexibility index (Phi) is 8.68. The largest absolute Gasteiger partial charge is 0.356 e. The Morgan fingerprint density at radius 2 is 2.00 bits per heavy atom. The van der Waals surface area contributed by atoms with Crippen LogP contribution in [0.4, 0.5) is 0 Å². The summed E-state index contributed by atoms with van der Waals surface area (Å²) in [4.78, 5) is 18.5. The zero-order chi connectivity index (χ0) is 17.5. The number of benzene rings is 1. The van der Waals surface area contributed by atoms with Gasteiger partial charge in [0.25, 0.3) is 0 Å². The summed E-state index contributed by atoms with van der Waals surface area (Å²) >= 11 is 0. The Bertz CT molecular complexity index is 589. The molecule has 2 fully saturated rings. The third-order valence-electron chi connectivity index (χ3n) is 4.97. The molecule has 1 atom stereocenters. The Morgan fingerprint density at radius 3 is 2.69 bits per heavy atom. The number of nitrogens with zero attached hydrogens (tertiary/aromatic N) is 2. The first-order valence-electron chi connectivity index (χ1n) is 9.53. The molecule has 144 valence electrons. The number of carbonyl (C=O) groups excluding carboxylic acids is 1. The fraction of sp³-hybridized carbons (Fsp3) is 0.600. The predicted molar refractivity (Wildman–Crippen MR) is 117 cm³/mol. The van der Waals surface area contributed by atoms with E-state index < -0.39 is 0 Å². The molecule has 1 aromatic rings. The number of hydrogen-bond donors (Lipinski definition) is 2. The van der Waals surface area contributed by atoms with Gasteiger partial charge in [-0.15, -0.1) is 24.0 Å². The molecule has 6 heteroatoms. The summed E-state index contributed by atoms with van der Waals surface area (Å²) in [5, 5.41) is 6.45.